The number of aryl methyl sites for hydroxylation is 1. The standard InChI is InChI=1S/C14H24N4O2S/c1-17-11-14(8-15-17)21(19,20)16-13-6-7-18(10-13)9-12-4-2-3-5-12/h8,11-13,16H,2-7,9-10H2,1H3. The molecule has 7 heteroatoms. The molecule has 1 aromatic rings. The van der Waals surface area contributed by atoms with E-state index in [-0.39, 0.29) is 10.9 Å². The van der Waals surface area contributed by atoms with Gasteiger partial charge in [-0.1, -0.05) is 12.8 Å². The second kappa shape index (κ2) is 6.06. The minimum atomic E-state index is -3.43. The fourth-order valence-corrected chi connectivity index (χ4v) is 4.72. The van der Waals surface area contributed by atoms with Crippen LogP contribution in [0, 0.1) is 5.92 Å². The summed E-state index contributed by atoms with van der Waals surface area (Å²) in [4.78, 5) is 2.66. The molecule has 1 atom stereocenters. The smallest absolute Gasteiger partial charge is 0.243 e. The molecule has 0 radical (unpaired) electrons. The van der Waals surface area contributed by atoms with E-state index in [2.05, 4.69) is 14.7 Å². The molecule has 1 unspecified atom stereocenters. The molecule has 1 saturated heterocycles. The van der Waals surface area contributed by atoms with Gasteiger partial charge in [-0.3, -0.25) is 4.68 Å². The van der Waals surface area contributed by atoms with E-state index in [1.807, 2.05) is 0 Å². The largest absolute Gasteiger partial charge is 0.301 e. The number of hydrogen-bond acceptors (Lipinski definition) is 4. The van der Waals surface area contributed by atoms with Crippen molar-refractivity contribution in [3.63, 3.8) is 0 Å². The molecule has 0 spiro atoms. The Bertz CT molecular complexity index is 578. The third-order valence-corrected chi connectivity index (χ3v) is 6.05. The molecule has 1 N–H and O–H groups in total. The Hall–Kier alpha value is -0.920. The quantitative estimate of drug-likeness (QED) is 0.879. The summed E-state index contributed by atoms with van der Waals surface area (Å²) in [6, 6.07) is 0.0246. The maximum absolute atomic E-state index is 12.3. The second-order valence-electron chi connectivity index (χ2n) is 6.37. The van der Waals surface area contributed by atoms with Crippen LogP contribution >= 0.6 is 0 Å². The van der Waals surface area contributed by atoms with Crippen LogP contribution in [0.4, 0.5) is 0 Å². The number of nitrogens with one attached hydrogen (secondary N) is 1. The molecular weight excluding hydrogens is 288 g/mol. The van der Waals surface area contributed by atoms with Crippen LogP contribution in [0.5, 0.6) is 0 Å². The zero-order chi connectivity index (χ0) is 14.9. The molecule has 0 amide bonds. The highest BCUT2D eigenvalue weighted by molar-refractivity contribution is 7.89. The Morgan fingerprint density at radius 3 is 2.76 bits per heavy atom. The van der Waals surface area contributed by atoms with E-state index in [1.54, 1.807) is 7.05 Å². The Balaban J connectivity index is 1.54. The van der Waals surface area contributed by atoms with Crippen LogP contribution in [0.2, 0.25) is 0 Å². The van der Waals surface area contributed by atoms with Crippen LogP contribution in [-0.2, 0) is 17.1 Å². The monoisotopic (exact) mass is 312 g/mol. The molecule has 2 heterocycles. The molecule has 1 aliphatic carbocycles. The van der Waals surface area contributed by atoms with Gasteiger partial charge >= 0.3 is 0 Å². The van der Waals surface area contributed by atoms with Gasteiger partial charge in [0.05, 0.1) is 6.20 Å². The lowest BCUT2D eigenvalue weighted by atomic mass is 10.1. The second-order valence-corrected chi connectivity index (χ2v) is 8.08. The predicted octanol–water partition coefficient (Wildman–Crippen LogP) is 0.963. The van der Waals surface area contributed by atoms with Crippen LogP contribution in [0.3, 0.4) is 0 Å². The van der Waals surface area contributed by atoms with Crippen molar-refractivity contribution in [3.8, 4) is 0 Å². The van der Waals surface area contributed by atoms with Crippen molar-refractivity contribution in [2.45, 2.75) is 43.0 Å². The molecule has 1 aliphatic heterocycles. The van der Waals surface area contributed by atoms with E-state index in [9.17, 15) is 8.42 Å². The van der Waals surface area contributed by atoms with Crippen molar-refractivity contribution in [1.82, 2.24) is 19.4 Å². The van der Waals surface area contributed by atoms with Gasteiger partial charge in [-0.15, -0.1) is 0 Å². The van der Waals surface area contributed by atoms with E-state index in [0.717, 1.165) is 32.0 Å². The third-order valence-electron chi connectivity index (χ3n) is 4.58. The van der Waals surface area contributed by atoms with Crippen LogP contribution in [-0.4, -0.2) is 48.8 Å². The Kier molecular flexibility index (Phi) is 4.33. The highest BCUT2D eigenvalue weighted by Crippen LogP contribution is 2.26. The summed E-state index contributed by atoms with van der Waals surface area (Å²) >= 11 is 0. The molecule has 1 saturated carbocycles. The van der Waals surface area contributed by atoms with E-state index in [1.165, 1.54) is 42.8 Å². The molecular formula is C14H24N4O2S. The van der Waals surface area contributed by atoms with Crippen LogP contribution < -0.4 is 4.72 Å². The number of rotatable bonds is 5. The van der Waals surface area contributed by atoms with Gasteiger partial charge in [0.1, 0.15) is 4.90 Å². The summed E-state index contributed by atoms with van der Waals surface area (Å²) in [7, 11) is -1.71. The average molecular weight is 312 g/mol. The van der Waals surface area contributed by atoms with Gasteiger partial charge < -0.3 is 4.90 Å². The first-order valence-corrected chi connectivity index (χ1v) is 9.24. The van der Waals surface area contributed by atoms with Crippen LogP contribution in [0.25, 0.3) is 0 Å². The highest BCUT2D eigenvalue weighted by Gasteiger charge is 2.29. The molecule has 118 valence electrons. The number of nitrogens with zero attached hydrogens (tertiary/aromatic N) is 3. The Labute approximate surface area is 126 Å². The first-order valence-electron chi connectivity index (χ1n) is 7.76. The average Bonchev–Trinajstić information content (AvgIpc) is 3.12. The maximum Gasteiger partial charge on any atom is 0.243 e. The number of sulfonamides is 1. The van der Waals surface area contributed by atoms with E-state index in [0.29, 0.717) is 0 Å². The zero-order valence-corrected chi connectivity index (χ0v) is 13.3. The maximum atomic E-state index is 12.3. The molecule has 3 rings (SSSR count). The Morgan fingerprint density at radius 2 is 2.10 bits per heavy atom. The third kappa shape index (κ3) is 3.64. The molecule has 2 aliphatic rings. The SMILES string of the molecule is Cn1cc(S(=O)(=O)NC2CCN(CC3CCCC3)C2)cn1. The van der Waals surface area contributed by atoms with Gasteiger partial charge in [0, 0.05) is 32.4 Å². The van der Waals surface area contributed by atoms with Gasteiger partial charge in [0.15, 0.2) is 0 Å². The summed E-state index contributed by atoms with van der Waals surface area (Å²) < 4.78 is 28.9. The molecule has 1 aromatic heterocycles. The molecule has 0 aromatic carbocycles. The first-order chi connectivity index (χ1) is 10.0. The Morgan fingerprint density at radius 1 is 1.33 bits per heavy atom. The minimum Gasteiger partial charge on any atom is -0.301 e. The number of hydrogen-bond donors (Lipinski definition) is 1. The van der Waals surface area contributed by atoms with Crippen LogP contribution in [0.1, 0.15) is 32.1 Å². The zero-order valence-electron chi connectivity index (χ0n) is 12.5. The van der Waals surface area contributed by atoms with Gasteiger partial charge in [0.25, 0.3) is 0 Å². The van der Waals surface area contributed by atoms with E-state index in [4.69, 9.17) is 0 Å². The molecule has 2 fully saturated rings. The summed E-state index contributed by atoms with van der Waals surface area (Å²) in [5.74, 6) is 0.818. The number of aromatic nitrogens is 2. The molecule has 6 nitrogen and oxygen atoms in total. The van der Waals surface area contributed by atoms with Gasteiger partial charge in [-0.05, 0) is 31.7 Å². The van der Waals surface area contributed by atoms with Gasteiger partial charge in [-0.2, -0.15) is 5.10 Å². The minimum absolute atomic E-state index is 0.0246. The topological polar surface area (TPSA) is 67.2 Å². The van der Waals surface area contributed by atoms with Gasteiger partial charge in [0.2, 0.25) is 10.0 Å². The normalized spacial score (nSPS) is 24.9. The lowest BCUT2D eigenvalue weighted by Gasteiger charge is -2.20. The van der Waals surface area contributed by atoms with Crippen LogP contribution in [0.15, 0.2) is 17.3 Å². The summed E-state index contributed by atoms with van der Waals surface area (Å²) in [6.07, 6.45) is 9.21. The van der Waals surface area contributed by atoms with Crippen molar-refractivity contribution in [3.05, 3.63) is 12.4 Å². The van der Waals surface area contributed by atoms with Crippen molar-refractivity contribution in [1.29, 1.82) is 0 Å². The van der Waals surface area contributed by atoms with Crippen molar-refractivity contribution < 1.29 is 8.42 Å². The van der Waals surface area contributed by atoms with Crippen molar-refractivity contribution in [2.24, 2.45) is 13.0 Å². The van der Waals surface area contributed by atoms with E-state index >= 15 is 0 Å². The van der Waals surface area contributed by atoms with Gasteiger partial charge in [-0.25, -0.2) is 13.1 Å². The number of likely N-dealkylation sites (tertiary alicyclic amines) is 1. The fraction of sp³-hybridized carbons (Fsp3) is 0.786. The summed E-state index contributed by atoms with van der Waals surface area (Å²) in [5.41, 5.74) is 0. The predicted molar refractivity (Wildman–Crippen MR) is 80.3 cm³/mol. The highest BCUT2D eigenvalue weighted by atomic mass is 32.2. The lowest BCUT2D eigenvalue weighted by Crippen LogP contribution is -2.37. The molecule has 0 bridgehead atoms. The van der Waals surface area contributed by atoms with Crippen molar-refractivity contribution >= 4 is 10.0 Å². The fourth-order valence-electron chi connectivity index (χ4n) is 3.48. The first kappa shape index (κ1) is 15.0. The summed E-state index contributed by atoms with van der Waals surface area (Å²) in [5, 5.41) is 3.93. The lowest BCUT2D eigenvalue weighted by molar-refractivity contribution is 0.276. The summed E-state index contributed by atoms with van der Waals surface area (Å²) in [6.45, 7) is 2.96. The molecule has 21 heavy (non-hydrogen) atoms. The van der Waals surface area contributed by atoms with E-state index < -0.39 is 10.0 Å². The van der Waals surface area contributed by atoms with Crippen molar-refractivity contribution in [2.75, 3.05) is 19.6 Å².